The van der Waals surface area contributed by atoms with E-state index in [9.17, 15) is 0 Å². The highest BCUT2D eigenvalue weighted by Gasteiger charge is 2.06. The zero-order chi connectivity index (χ0) is 12.5. The summed E-state index contributed by atoms with van der Waals surface area (Å²) >= 11 is 0. The molecular formula is C14H24N2O. The average molecular weight is 236 g/mol. The summed E-state index contributed by atoms with van der Waals surface area (Å²) in [5.74, 6) is 0.944. The third-order valence-corrected chi connectivity index (χ3v) is 2.79. The van der Waals surface area contributed by atoms with Gasteiger partial charge in [-0.1, -0.05) is 19.1 Å². The smallest absolute Gasteiger partial charge is 0.119 e. The van der Waals surface area contributed by atoms with E-state index in [2.05, 4.69) is 24.4 Å². The van der Waals surface area contributed by atoms with Crippen molar-refractivity contribution < 1.29 is 4.74 Å². The van der Waals surface area contributed by atoms with Crippen molar-refractivity contribution in [3.63, 3.8) is 0 Å². The highest BCUT2D eigenvalue weighted by Crippen LogP contribution is 2.14. The van der Waals surface area contributed by atoms with Crippen molar-refractivity contribution in [3.05, 3.63) is 29.8 Å². The molecule has 1 aromatic carbocycles. The van der Waals surface area contributed by atoms with Crippen molar-refractivity contribution in [2.24, 2.45) is 5.73 Å². The number of benzene rings is 1. The van der Waals surface area contributed by atoms with Crippen molar-refractivity contribution >= 4 is 0 Å². The number of nitrogens with two attached hydrogens (primary N) is 1. The van der Waals surface area contributed by atoms with E-state index in [1.807, 2.05) is 19.1 Å². The van der Waals surface area contributed by atoms with Gasteiger partial charge in [-0.25, -0.2) is 0 Å². The first-order valence-corrected chi connectivity index (χ1v) is 6.45. The van der Waals surface area contributed by atoms with Gasteiger partial charge in [0.15, 0.2) is 0 Å². The molecule has 0 fully saturated rings. The predicted octanol–water partition coefficient (Wildman–Crippen LogP) is 1.95. The van der Waals surface area contributed by atoms with Gasteiger partial charge in [0.1, 0.15) is 5.75 Å². The van der Waals surface area contributed by atoms with E-state index in [-0.39, 0.29) is 0 Å². The molecule has 0 spiro atoms. The molecule has 1 aromatic rings. The lowest BCUT2D eigenvalue weighted by Crippen LogP contribution is -2.34. The summed E-state index contributed by atoms with van der Waals surface area (Å²) in [5, 5.41) is 3.45. The Morgan fingerprint density at radius 2 is 1.94 bits per heavy atom. The molecular weight excluding hydrogens is 212 g/mol. The summed E-state index contributed by atoms with van der Waals surface area (Å²) in [6.07, 6.45) is 2.16. The molecule has 0 heterocycles. The first kappa shape index (κ1) is 14.0. The molecule has 0 bridgehead atoms. The van der Waals surface area contributed by atoms with Gasteiger partial charge in [0.05, 0.1) is 6.61 Å². The summed E-state index contributed by atoms with van der Waals surface area (Å²) in [6.45, 7) is 6.49. The zero-order valence-corrected chi connectivity index (χ0v) is 10.9. The van der Waals surface area contributed by atoms with Crippen LogP contribution >= 0.6 is 0 Å². The molecule has 0 radical (unpaired) electrons. The van der Waals surface area contributed by atoms with Gasteiger partial charge >= 0.3 is 0 Å². The monoisotopic (exact) mass is 236 g/mol. The Morgan fingerprint density at radius 3 is 2.47 bits per heavy atom. The Morgan fingerprint density at radius 1 is 1.24 bits per heavy atom. The lowest BCUT2D eigenvalue weighted by atomic mass is 10.0. The maximum Gasteiger partial charge on any atom is 0.119 e. The fraction of sp³-hybridized carbons (Fsp3) is 0.571. The minimum Gasteiger partial charge on any atom is -0.494 e. The van der Waals surface area contributed by atoms with Gasteiger partial charge < -0.3 is 15.8 Å². The standard InChI is InChI=1S/C14H24N2O/c1-3-13(16-10-9-15)11-12-5-7-14(8-6-12)17-4-2/h5-8,13,16H,3-4,9-11,15H2,1-2H3. The van der Waals surface area contributed by atoms with Crippen LogP contribution in [0.25, 0.3) is 0 Å². The van der Waals surface area contributed by atoms with Gasteiger partial charge in [-0.2, -0.15) is 0 Å². The first-order valence-electron chi connectivity index (χ1n) is 6.45. The maximum absolute atomic E-state index is 5.50. The maximum atomic E-state index is 5.50. The van der Waals surface area contributed by atoms with Gasteiger partial charge in [0, 0.05) is 19.1 Å². The van der Waals surface area contributed by atoms with Crippen LogP contribution in [0.5, 0.6) is 5.75 Å². The Balaban J connectivity index is 2.48. The second-order valence-electron chi connectivity index (χ2n) is 4.13. The van der Waals surface area contributed by atoms with Crippen LogP contribution in [-0.4, -0.2) is 25.7 Å². The van der Waals surface area contributed by atoms with Gasteiger partial charge in [0.25, 0.3) is 0 Å². The molecule has 3 heteroatoms. The number of nitrogens with one attached hydrogen (secondary N) is 1. The SMILES string of the molecule is CCOc1ccc(CC(CC)NCCN)cc1. The molecule has 1 atom stereocenters. The molecule has 3 nitrogen and oxygen atoms in total. The topological polar surface area (TPSA) is 47.3 Å². The molecule has 0 amide bonds. The lowest BCUT2D eigenvalue weighted by molar-refractivity contribution is 0.340. The molecule has 0 aliphatic heterocycles. The fourth-order valence-corrected chi connectivity index (χ4v) is 1.82. The highest BCUT2D eigenvalue weighted by molar-refractivity contribution is 5.27. The molecule has 0 aliphatic carbocycles. The third-order valence-electron chi connectivity index (χ3n) is 2.79. The molecule has 0 aromatic heterocycles. The second-order valence-corrected chi connectivity index (χ2v) is 4.13. The molecule has 96 valence electrons. The molecule has 17 heavy (non-hydrogen) atoms. The molecule has 0 saturated heterocycles. The Hall–Kier alpha value is -1.06. The van der Waals surface area contributed by atoms with Gasteiger partial charge in [-0.3, -0.25) is 0 Å². The molecule has 3 N–H and O–H groups in total. The fourth-order valence-electron chi connectivity index (χ4n) is 1.82. The Bertz CT molecular complexity index is 298. The van der Waals surface area contributed by atoms with Gasteiger partial charge in [0.2, 0.25) is 0 Å². The molecule has 0 aliphatic rings. The summed E-state index contributed by atoms with van der Waals surface area (Å²) < 4.78 is 5.42. The van der Waals surface area contributed by atoms with Crippen molar-refractivity contribution in [2.45, 2.75) is 32.7 Å². The summed E-state index contributed by atoms with van der Waals surface area (Å²) in [7, 11) is 0. The van der Waals surface area contributed by atoms with E-state index < -0.39 is 0 Å². The average Bonchev–Trinajstić information content (AvgIpc) is 2.37. The number of rotatable bonds is 8. The van der Waals surface area contributed by atoms with Crippen LogP contribution in [0.3, 0.4) is 0 Å². The van der Waals surface area contributed by atoms with Crippen LogP contribution in [0.15, 0.2) is 24.3 Å². The van der Waals surface area contributed by atoms with Crippen molar-refractivity contribution in [1.82, 2.24) is 5.32 Å². The zero-order valence-electron chi connectivity index (χ0n) is 10.9. The Kier molecular flexibility index (Phi) is 6.67. The highest BCUT2D eigenvalue weighted by atomic mass is 16.5. The van der Waals surface area contributed by atoms with Crippen LogP contribution in [0, 0.1) is 0 Å². The van der Waals surface area contributed by atoms with Gasteiger partial charge in [-0.15, -0.1) is 0 Å². The van der Waals surface area contributed by atoms with Gasteiger partial charge in [-0.05, 0) is 37.5 Å². The lowest BCUT2D eigenvalue weighted by Gasteiger charge is -2.16. The van der Waals surface area contributed by atoms with E-state index in [4.69, 9.17) is 10.5 Å². The second kappa shape index (κ2) is 8.09. The van der Waals surface area contributed by atoms with Crippen molar-refractivity contribution in [2.75, 3.05) is 19.7 Å². The van der Waals surface area contributed by atoms with E-state index in [0.717, 1.165) is 31.7 Å². The molecule has 1 rings (SSSR count). The minimum absolute atomic E-state index is 0.511. The number of hydrogen-bond donors (Lipinski definition) is 2. The van der Waals surface area contributed by atoms with E-state index in [1.165, 1.54) is 5.56 Å². The summed E-state index contributed by atoms with van der Waals surface area (Å²) in [4.78, 5) is 0. The van der Waals surface area contributed by atoms with E-state index in [0.29, 0.717) is 12.6 Å². The molecule has 0 saturated carbocycles. The van der Waals surface area contributed by atoms with E-state index in [1.54, 1.807) is 0 Å². The normalized spacial score (nSPS) is 12.4. The predicted molar refractivity (Wildman–Crippen MR) is 72.5 cm³/mol. The van der Waals surface area contributed by atoms with Crippen LogP contribution < -0.4 is 15.8 Å². The van der Waals surface area contributed by atoms with Crippen LogP contribution in [0.4, 0.5) is 0 Å². The quantitative estimate of drug-likeness (QED) is 0.725. The summed E-state index contributed by atoms with van der Waals surface area (Å²) in [5.41, 5.74) is 6.84. The largest absolute Gasteiger partial charge is 0.494 e. The third kappa shape index (κ3) is 5.20. The van der Waals surface area contributed by atoms with E-state index >= 15 is 0 Å². The number of ether oxygens (including phenoxy) is 1. The first-order chi connectivity index (χ1) is 8.30. The number of hydrogen-bond acceptors (Lipinski definition) is 3. The molecule has 1 unspecified atom stereocenters. The van der Waals surface area contributed by atoms with Crippen molar-refractivity contribution in [1.29, 1.82) is 0 Å². The van der Waals surface area contributed by atoms with Crippen LogP contribution in [0.1, 0.15) is 25.8 Å². The Labute approximate surface area is 104 Å². The minimum atomic E-state index is 0.511. The summed E-state index contributed by atoms with van der Waals surface area (Å²) in [6, 6.07) is 8.86. The van der Waals surface area contributed by atoms with Crippen LogP contribution in [0.2, 0.25) is 0 Å². The van der Waals surface area contributed by atoms with Crippen LogP contribution in [-0.2, 0) is 6.42 Å². The van der Waals surface area contributed by atoms with Crippen molar-refractivity contribution in [3.8, 4) is 5.75 Å².